The molecule has 2 aromatic carbocycles. The van der Waals surface area contributed by atoms with Gasteiger partial charge in [0, 0.05) is 31.9 Å². The van der Waals surface area contributed by atoms with Gasteiger partial charge in [0.15, 0.2) is 0 Å². The quantitative estimate of drug-likeness (QED) is 0.786. The van der Waals surface area contributed by atoms with E-state index in [1.54, 1.807) is 0 Å². The second-order valence-electron chi connectivity index (χ2n) is 7.30. The molecule has 28 heavy (non-hydrogen) atoms. The van der Waals surface area contributed by atoms with Crippen LogP contribution in [0.2, 0.25) is 0 Å². The number of nitrogens with one attached hydrogen (secondary N) is 1. The molecular weight excluding hydrogens is 352 g/mol. The van der Waals surface area contributed by atoms with E-state index in [2.05, 4.69) is 17.4 Å². The molecule has 5 nitrogen and oxygen atoms in total. The zero-order chi connectivity index (χ0) is 19.5. The Kier molecular flexibility index (Phi) is 5.44. The molecule has 4 rings (SSSR count). The lowest BCUT2D eigenvalue weighted by Gasteiger charge is -2.45. The third kappa shape index (κ3) is 3.31. The van der Waals surface area contributed by atoms with Gasteiger partial charge in [-0.15, -0.1) is 0 Å². The average Bonchev–Trinajstić information content (AvgIpc) is 2.73. The monoisotopic (exact) mass is 378 g/mol. The zero-order valence-corrected chi connectivity index (χ0v) is 16.2. The number of rotatable bonds is 6. The number of nitrogens with zero attached hydrogens (tertiary/aromatic N) is 1. The second-order valence-corrected chi connectivity index (χ2v) is 7.30. The molecule has 0 bridgehead atoms. The Morgan fingerprint density at radius 3 is 2.71 bits per heavy atom. The minimum atomic E-state index is -0.401. The molecule has 0 spiro atoms. The van der Waals surface area contributed by atoms with Gasteiger partial charge in [-0.05, 0) is 42.5 Å². The predicted octanol–water partition coefficient (Wildman–Crippen LogP) is 3.07. The van der Waals surface area contributed by atoms with Crippen LogP contribution >= 0.6 is 0 Å². The van der Waals surface area contributed by atoms with Crippen LogP contribution < -0.4 is 5.32 Å². The van der Waals surface area contributed by atoms with Crippen molar-refractivity contribution in [3.8, 4) is 0 Å². The number of hydrogen-bond acceptors (Lipinski definition) is 3. The fraction of sp³-hybridized carbons (Fsp3) is 0.391. The van der Waals surface area contributed by atoms with Gasteiger partial charge in [-0.1, -0.05) is 42.5 Å². The highest BCUT2D eigenvalue weighted by molar-refractivity contribution is 6.01. The maximum atomic E-state index is 13.3. The molecule has 2 aliphatic heterocycles. The molecular formula is C23H26N2O3. The van der Waals surface area contributed by atoms with Gasteiger partial charge in [-0.25, -0.2) is 0 Å². The maximum absolute atomic E-state index is 13.3. The van der Waals surface area contributed by atoms with Gasteiger partial charge in [-0.3, -0.25) is 9.59 Å². The van der Waals surface area contributed by atoms with Gasteiger partial charge in [-0.2, -0.15) is 0 Å². The van der Waals surface area contributed by atoms with Crippen molar-refractivity contribution in [2.45, 2.75) is 31.7 Å². The molecule has 2 atom stereocenters. The first-order valence-electron chi connectivity index (χ1n) is 10.1. The van der Waals surface area contributed by atoms with Crippen molar-refractivity contribution in [3.63, 3.8) is 0 Å². The highest BCUT2D eigenvalue weighted by Crippen LogP contribution is 2.45. The first kappa shape index (κ1) is 18.7. The Morgan fingerprint density at radius 1 is 1.14 bits per heavy atom. The number of amides is 2. The molecule has 5 heteroatoms. The van der Waals surface area contributed by atoms with E-state index in [0.29, 0.717) is 31.9 Å². The number of hydrogen-bond donors (Lipinski definition) is 1. The summed E-state index contributed by atoms with van der Waals surface area (Å²) in [5.74, 6) is -0.402. The second kappa shape index (κ2) is 8.15. The first-order valence-corrected chi connectivity index (χ1v) is 10.1. The van der Waals surface area contributed by atoms with Gasteiger partial charge in [0.1, 0.15) is 0 Å². The largest absolute Gasteiger partial charge is 0.382 e. The fourth-order valence-electron chi connectivity index (χ4n) is 4.40. The topological polar surface area (TPSA) is 58.6 Å². The molecule has 0 saturated heterocycles. The van der Waals surface area contributed by atoms with Crippen molar-refractivity contribution in [1.82, 2.24) is 10.2 Å². The van der Waals surface area contributed by atoms with Crippen LogP contribution in [0.5, 0.6) is 0 Å². The number of carbonyl (C=O) groups excluding carboxylic acids is 2. The molecule has 0 radical (unpaired) electrons. The van der Waals surface area contributed by atoms with Gasteiger partial charge < -0.3 is 15.0 Å². The summed E-state index contributed by atoms with van der Waals surface area (Å²) in [6.45, 7) is 4.49. The van der Waals surface area contributed by atoms with E-state index >= 15 is 0 Å². The van der Waals surface area contributed by atoms with E-state index in [-0.39, 0.29) is 17.9 Å². The van der Waals surface area contributed by atoms with Crippen molar-refractivity contribution in [2.75, 3.05) is 26.3 Å². The van der Waals surface area contributed by atoms with Gasteiger partial charge in [0.25, 0.3) is 5.91 Å². The van der Waals surface area contributed by atoms with E-state index < -0.39 is 5.92 Å². The SMILES string of the molecule is CCOCCCNC(=O)[C@H]1c2ccccc2C(=O)N2CCc3ccccc3[C@@H]12. The van der Waals surface area contributed by atoms with E-state index in [9.17, 15) is 9.59 Å². The van der Waals surface area contributed by atoms with Gasteiger partial charge in [0.2, 0.25) is 5.91 Å². The zero-order valence-electron chi connectivity index (χ0n) is 16.2. The summed E-state index contributed by atoms with van der Waals surface area (Å²) in [6, 6.07) is 15.5. The molecule has 1 N–H and O–H groups in total. The van der Waals surface area contributed by atoms with Crippen molar-refractivity contribution >= 4 is 11.8 Å². The van der Waals surface area contributed by atoms with Gasteiger partial charge >= 0.3 is 0 Å². The van der Waals surface area contributed by atoms with E-state index in [0.717, 1.165) is 24.0 Å². The Hall–Kier alpha value is -2.66. The van der Waals surface area contributed by atoms with Crippen LogP contribution in [-0.2, 0) is 16.0 Å². The highest BCUT2D eigenvalue weighted by Gasteiger charge is 2.45. The van der Waals surface area contributed by atoms with E-state index in [4.69, 9.17) is 4.74 Å². The molecule has 0 fully saturated rings. The van der Waals surface area contributed by atoms with Crippen molar-refractivity contribution in [2.24, 2.45) is 0 Å². The molecule has 0 unspecified atom stereocenters. The smallest absolute Gasteiger partial charge is 0.254 e. The van der Waals surface area contributed by atoms with Crippen molar-refractivity contribution in [3.05, 3.63) is 70.8 Å². The summed E-state index contributed by atoms with van der Waals surface area (Å²) in [7, 11) is 0. The van der Waals surface area contributed by atoms with Gasteiger partial charge in [0.05, 0.1) is 12.0 Å². The molecule has 0 saturated carbocycles. The molecule has 2 heterocycles. The summed E-state index contributed by atoms with van der Waals surface area (Å²) < 4.78 is 5.36. The molecule has 2 aromatic rings. The lowest BCUT2D eigenvalue weighted by atomic mass is 9.76. The minimum absolute atomic E-state index is 0.0236. The molecule has 2 amide bonds. The Bertz CT molecular complexity index is 880. The molecule has 0 aromatic heterocycles. The van der Waals surface area contributed by atoms with Crippen LogP contribution in [-0.4, -0.2) is 43.0 Å². The normalized spacial score (nSPS) is 20.2. The molecule has 146 valence electrons. The Labute approximate surface area is 165 Å². The van der Waals surface area contributed by atoms with Crippen LogP contribution in [0.3, 0.4) is 0 Å². The van der Waals surface area contributed by atoms with Crippen molar-refractivity contribution < 1.29 is 14.3 Å². The predicted molar refractivity (Wildman–Crippen MR) is 107 cm³/mol. The van der Waals surface area contributed by atoms with Crippen molar-refractivity contribution in [1.29, 1.82) is 0 Å². The summed E-state index contributed by atoms with van der Waals surface area (Å²) in [5.41, 5.74) is 3.79. The summed E-state index contributed by atoms with van der Waals surface area (Å²) in [4.78, 5) is 28.3. The number of fused-ring (bicyclic) bond motifs is 4. The summed E-state index contributed by atoms with van der Waals surface area (Å²) in [6.07, 6.45) is 1.60. The van der Waals surface area contributed by atoms with Crippen LogP contribution in [0, 0.1) is 0 Å². The van der Waals surface area contributed by atoms with Crippen LogP contribution in [0.4, 0.5) is 0 Å². The number of benzene rings is 2. The average molecular weight is 378 g/mol. The number of carbonyl (C=O) groups is 2. The van der Waals surface area contributed by atoms with Crippen LogP contribution in [0.15, 0.2) is 48.5 Å². The van der Waals surface area contributed by atoms with Crippen LogP contribution in [0.25, 0.3) is 0 Å². The van der Waals surface area contributed by atoms with E-state index in [1.165, 1.54) is 5.56 Å². The standard InChI is InChI=1S/C23H26N2O3/c1-2-28-15-7-13-24-22(26)20-18-10-5-6-11-19(18)23(27)25-14-12-16-8-3-4-9-17(16)21(20)25/h3-6,8-11,20-21H,2,7,12-15H2,1H3,(H,24,26)/t20-,21-/m0/s1. The Balaban J connectivity index is 1.68. The fourth-order valence-corrected chi connectivity index (χ4v) is 4.40. The first-order chi connectivity index (χ1) is 13.7. The number of ether oxygens (including phenoxy) is 1. The third-order valence-electron chi connectivity index (χ3n) is 5.69. The maximum Gasteiger partial charge on any atom is 0.254 e. The lowest BCUT2D eigenvalue weighted by Crippen LogP contribution is -2.50. The Morgan fingerprint density at radius 2 is 1.89 bits per heavy atom. The third-order valence-corrected chi connectivity index (χ3v) is 5.69. The molecule has 2 aliphatic rings. The molecule has 0 aliphatic carbocycles. The highest BCUT2D eigenvalue weighted by atomic mass is 16.5. The lowest BCUT2D eigenvalue weighted by molar-refractivity contribution is -0.124. The van der Waals surface area contributed by atoms with E-state index in [1.807, 2.05) is 48.2 Å². The summed E-state index contributed by atoms with van der Waals surface area (Å²) in [5, 5.41) is 3.07. The van der Waals surface area contributed by atoms with Crippen LogP contribution in [0.1, 0.15) is 52.4 Å². The minimum Gasteiger partial charge on any atom is -0.382 e. The summed E-state index contributed by atoms with van der Waals surface area (Å²) >= 11 is 0.